The number of nitrogens with zero attached hydrogens (tertiary/aromatic N) is 1. The molecular weight excluding hydrogens is 444 g/mol. The fourth-order valence-corrected chi connectivity index (χ4v) is 3.19. The average molecular weight is 475 g/mol. The van der Waals surface area contributed by atoms with Gasteiger partial charge in [0.1, 0.15) is 11.8 Å². The Morgan fingerprint density at radius 2 is 1.73 bits per heavy atom. The SMILES string of the molecule is Cc1ccc(C)c(OCC(=O)N(Cc2ccc(Br)cc2)[C@@H](C)C(=O)NC(C)(C)C)c1. The predicted molar refractivity (Wildman–Crippen MR) is 123 cm³/mol. The molecule has 0 aliphatic heterocycles. The van der Waals surface area contributed by atoms with Crippen LogP contribution in [-0.4, -0.2) is 34.9 Å². The van der Waals surface area contributed by atoms with E-state index in [1.807, 2.05) is 77.1 Å². The Labute approximate surface area is 187 Å². The van der Waals surface area contributed by atoms with Crippen molar-refractivity contribution in [3.8, 4) is 5.75 Å². The second-order valence-corrected chi connectivity index (χ2v) is 9.54. The maximum atomic E-state index is 13.1. The van der Waals surface area contributed by atoms with E-state index in [1.54, 1.807) is 11.8 Å². The fourth-order valence-electron chi connectivity index (χ4n) is 2.93. The molecule has 0 bridgehead atoms. The Hall–Kier alpha value is -2.34. The number of carbonyl (C=O) groups is 2. The Balaban J connectivity index is 2.20. The van der Waals surface area contributed by atoms with Crippen molar-refractivity contribution < 1.29 is 14.3 Å². The van der Waals surface area contributed by atoms with Crippen molar-refractivity contribution in [2.24, 2.45) is 0 Å². The standard InChI is InChI=1S/C24H31BrN2O3/c1-16-7-8-17(2)21(13-16)30-15-22(28)27(14-19-9-11-20(25)12-10-19)18(3)23(29)26-24(4,5)6/h7-13,18H,14-15H2,1-6H3,(H,26,29)/t18-/m0/s1. The van der Waals surface area contributed by atoms with Crippen LogP contribution in [0.1, 0.15) is 44.4 Å². The Morgan fingerprint density at radius 3 is 2.33 bits per heavy atom. The molecule has 0 heterocycles. The number of hydrogen-bond acceptors (Lipinski definition) is 3. The van der Waals surface area contributed by atoms with Crippen molar-refractivity contribution >= 4 is 27.7 Å². The quantitative estimate of drug-likeness (QED) is 0.628. The highest BCUT2D eigenvalue weighted by molar-refractivity contribution is 9.10. The van der Waals surface area contributed by atoms with Gasteiger partial charge >= 0.3 is 0 Å². The van der Waals surface area contributed by atoms with Crippen LogP contribution in [0.25, 0.3) is 0 Å². The van der Waals surface area contributed by atoms with Crippen LogP contribution in [0.4, 0.5) is 0 Å². The molecule has 0 aliphatic carbocycles. The van der Waals surface area contributed by atoms with Gasteiger partial charge in [-0.15, -0.1) is 0 Å². The van der Waals surface area contributed by atoms with Crippen molar-refractivity contribution in [1.29, 1.82) is 0 Å². The van der Waals surface area contributed by atoms with E-state index in [2.05, 4.69) is 21.2 Å². The van der Waals surface area contributed by atoms with Gasteiger partial charge in [0.15, 0.2) is 6.61 Å². The number of carbonyl (C=O) groups excluding carboxylic acids is 2. The highest BCUT2D eigenvalue weighted by atomic mass is 79.9. The highest BCUT2D eigenvalue weighted by Crippen LogP contribution is 2.20. The van der Waals surface area contributed by atoms with Crippen LogP contribution in [0.5, 0.6) is 5.75 Å². The smallest absolute Gasteiger partial charge is 0.261 e. The summed E-state index contributed by atoms with van der Waals surface area (Å²) in [5.41, 5.74) is 2.58. The maximum Gasteiger partial charge on any atom is 0.261 e. The first-order valence-corrected chi connectivity index (χ1v) is 10.8. The number of aryl methyl sites for hydroxylation is 2. The number of halogens is 1. The van der Waals surface area contributed by atoms with Gasteiger partial charge in [-0.25, -0.2) is 0 Å². The number of amides is 2. The maximum absolute atomic E-state index is 13.1. The second-order valence-electron chi connectivity index (χ2n) is 8.62. The zero-order valence-electron chi connectivity index (χ0n) is 18.6. The van der Waals surface area contributed by atoms with Crippen LogP contribution >= 0.6 is 15.9 Å². The fraction of sp³-hybridized carbons (Fsp3) is 0.417. The first kappa shape index (κ1) is 23.9. The number of nitrogens with one attached hydrogen (secondary N) is 1. The van der Waals surface area contributed by atoms with E-state index in [1.165, 1.54) is 0 Å². The summed E-state index contributed by atoms with van der Waals surface area (Å²) >= 11 is 3.42. The van der Waals surface area contributed by atoms with Crippen LogP contribution in [-0.2, 0) is 16.1 Å². The van der Waals surface area contributed by atoms with E-state index in [-0.39, 0.29) is 24.0 Å². The minimum Gasteiger partial charge on any atom is -0.483 e. The average Bonchev–Trinajstić information content (AvgIpc) is 2.66. The molecule has 0 spiro atoms. The van der Waals surface area contributed by atoms with Gasteiger partial charge in [0.2, 0.25) is 5.91 Å². The van der Waals surface area contributed by atoms with Crippen LogP contribution in [0.3, 0.4) is 0 Å². The van der Waals surface area contributed by atoms with E-state index in [0.29, 0.717) is 12.3 Å². The summed E-state index contributed by atoms with van der Waals surface area (Å²) in [6, 6.07) is 13.0. The van der Waals surface area contributed by atoms with Crippen molar-refractivity contribution in [3.63, 3.8) is 0 Å². The van der Waals surface area contributed by atoms with Gasteiger partial charge in [0, 0.05) is 16.6 Å². The normalized spacial score (nSPS) is 12.2. The molecule has 0 unspecified atom stereocenters. The molecule has 2 amide bonds. The lowest BCUT2D eigenvalue weighted by Gasteiger charge is -2.31. The van der Waals surface area contributed by atoms with Gasteiger partial charge in [0.05, 0.1) is 0 Å². The summed E-state index contributed by atoms with van der Waals surface area (Å²) in [5, 5.41) is 2.96. The van der Waals surface area contributed by atoms with Gasteiger partial charge in [-0.05, 0) is 76.4 Å². The van der Waals surface area contributed by atoms with E-state index in [9.17, 15) is 9.59 Å². The molecule has 0 aliphatic rings. The van der Waals surface area contributed by atoms with Gasteiger partial charge in [-0.3, -0.25) is 9.59 Å². The first-order valence-electron chi connectivity index (χ1n) is 10.0. The summed E-state index contributed by atoms with van der Waals surface area (Å²) < 4.78 is 6.78. The minimum atomic E-state index is -0.637. The van der Waals surface area contributed by atoms with Gasteiger partial charge < -0.3 is 15.0 Å². The molecule has 0 aromatic heterocycles. The zero-order valence-corrected chi connectivity index (χ0v) is 20.2. The lowest BCUT2D eigenvalue weighted by Crippen LogP contribution is -2.53. The molecule has 0 saturated carbocycles. The molecule has 2 aromatic carbocycles. The van der Waals surface area contributed by atoms with Crippen LogP contribution < -0.4 is 10.1 Å². The molecule has 0 fully saturated rings. The Morgan fingerprint density at radius 1 is 1.10 bits per heavy atom. The topological polar surface area (TPSA) is 58.6 Å². The third-order valence-electron chi connectivity index (χ3n) is 4.63. The van der Waals surface area contributed by atoms with Crippen LogP contribution in [0.15, 0.2) is 46.9 Å². The second kappa shape index (κ2) is 10.1. The number of rotatable bonds is 7. The molecule has 0 saturated heterocycles. The minimum absolute atomic E-state index is 0.131. The van der Waals surface area contributed by atoms with Crippen LogP contribution in [0, 0.1) is 13.8 Å². The molecule has 5 nitrogen and oxygen atoms in total. The molecular formula is C24H31BrN2O3. The Kier molecular flexibility index (Phi) is 8.07. The monoisotopic (exact) mass is 474 g/mol. The number of benzene rings is 2. The Bertz CT molecular complexity index is 888. The van der Waals surface area contributed by atoms with E-state index >= 15 is 0 Å². The zero-order chi connectivity index (χ0) is 22.5. The van der Waals surface area contributed by atoms with Crippen LogP contribution in [0.2, 0.25) is 0 Å². The molecule has 2 aromatic rings. The lowest BCUT2D eigenvalue weighted by atomic mass is 10.1. The largest absolute Gasteiger partial charge is 0.483 e. The van der Waals surface area contributed by atoms with E-state index in [0.717, 1.165) is 21.2 Å². The first-order chi connectivity index (χ1) is 14.0. The molecule has 30 heavy (non-hydrogen) atoms. The predicted octanol–water partition coefficient (Wildman–Crippen LogP) is 4.78. The summed E-state index contributed by atoms with van der Waals surface area (Å²) in [6.07, 6.45) is 0. The molecule has 6 heteroatoms. The van der Waals surface area contributed by atoms with Crippen molar-refractivity contribution in [1.82, 2.24) is 10.2 Å². The summed E-state index contributed by atoms with van der Waals surface area (Å²) in [7, 11) is 0. The third-order valence-corrected chi connectivity index (χ3v) is 5.16. The molecule has 162 valence electrons. The highest BCUT2D eigenvalue weighted by Gasteiger charge is 2.28. The van der Waals surface area contributed by atoms with E-state index in [4.69, 9.17) is 4.74 Å². The molecule has 0 radical (unpaired) electrons. The molecule has 2 rings (SSSR count). The van der Waals surface area contributed by atoms with Gasteiger partial charge in [0.25, 0.3) is 5.91 Å². The summed E-state index contributed by atoms with van der Waals surface area (Å²) in [5.74, 6) is 0.244. The number of ether oxygens (including phenoxy) is 1. The van der Waals surface area contributed by atoms with Crippen molar-refractivity contribution in [3.05, 3.63) is 63.6 Å². The van der Waals surface area contributed by atoms with Gasteiger partial charge in [-0.1, -0.05) is 40.2 Å². The summed E-state index contributed by atoms with van der Waals surface area (Å²) in [6.45, 7) is 11.6. The third kappa shape index (κ3) is 7.17. The van der Waals surface area contributed by atoms with Crippen molar-refractivity contribution in [2.75, 3.05) is 6.61 Å². The molecule has 1 N–H and O–H groups in total. The summed E-state index contributed by atoms with van der Waals surface area (Å²) in [4.78, 5) is 27.4. The van der Waals surface area contributed by atoms with E-state index < -0.39 is 6.04 Å². The van der Waals surface area contributed by atoms with Crippen molar-refractivity contribution in [2.45, 2.75) is 59.7 Å². The molecule has 1 atom stereocenters. The lowest BCUT2D eigenvalue weighted by molar-refractivity contribution is -0.142. The number of hydrogen-bond donors (Lipinski definition) is 1. The van der Waals surface area contributed by atoms with Gasteiger partial charge in [-0.2, -0.15) is 0 Å².